The molecule has 1 aliphatic carbocycles. The first-order valence-corrected chi connectivity index (χ1v) is 4.04. The molecule has 2 bridgehead atoms. The molecule has 2 heteroatoms. The summed E-state index contributed by atoms with van der Waals surface area (Å²) in [6.07, 6.45) is 3.95. The summed E-state index contributed by atoms with van der Waals surface area (Å²) in [6, 6.07) is 0. The summed E-state index contributed by atoms with van der Waals surface area (Å²) in [5.74, 6) is 1.42. The summed E-state index contributed by atoms with van der Waals surface area (Å²) < 4.78 is 5.61. The van der Waals surface area contributed by atoms with Gasteiger partial charge >= 0.3 is 0 Å². The second-order valence-corrected chi connectivity index (χ2v) is 3.65. The molecule has 3 aliphatic rings. The van der Waals surface area contributed by atoms with Crippen LogP contribution in [0.1, 0.15) is 19.3 Å². The third-order valence-electron chi connectivity index (χ3n) is 3.23. The smallest absolute Gasteiger partial charge is 0.139 e. The summed E-state index contributed by atoms with van der Waals surface area (Å²) in [4.78, 5) is 11.0. The van der Waals surface area contributed by atoms with E-state index in [2.05, 4.69) is 0 Å². The second kappa shape index (κ2) is 1.45. The Balaban J connectivity index is 1.95. The van der Waals surface area contributed by atoms with Crippen LogP contribution in [0.3, 0.4) is 0 Å². The van der Waals surface area contributed by atoms with Crippen molar-refractivity contribution in [2.45, 2.75) is 31.5 Å². The Hall–Kier alpha value is -0.370. The first kappa shape index (κ1) is 5.30. The highest BCUT2D eigenvalue weighted by molar-refractivity contribution is 5.88. The highest BCUT2D eigenvalue weighted by atomic mass is 16.5. The molecule has 4 atom stereocenters. The van der Waals surface area contributed by atoms with Crippen LogP contribution in [0.2, 0.25) is 0 Å². The predicted molar refractivity (Wildman–Crippen MR) is 34.5 cm³/mol. The van der Waals surface area contributed by atoms with E-state index in [1.54, 1.807) is 0 Å². The molecule has 0 spiro atoms. The third-order valence-corrected chi connectivity index (χ3v) is 3.23. The van der Waals surface area contributed by atoms with E-state index in [1.165, 1.54) is 6.42 Å². The molecule has 0 aromatic rings. The molecule has 3 fully saturated rings. The monoisotopic (exact) mass is 138 g/mol. The van der Waals surface area contributed by atoms with Crippen molar-refractivity contribution in [3.8, 4) is 0 Å². The van der Waals surface area contributed by atoms with Gasteiger partial charge in [-0.15, -0.1) is 0 Å². The SMILES string of the molecule is O=C1C[C@@H]2[C@H]1[C@H]1CC[C@@H]2O1. The quantitative estimate of drug-likeness (QED) is 0.494. The standard InChI is InChI=1S/C8H10O2/c9-5-3-4-6-1-2-7(10-6)8(4)5/h4,6-8H,1-3H2/t4-,6-,7+,8+/m0/s1. The van der Waals surface area contributed by atoms with Crippen LogP contribution in [0.25, 0.3) is 0 Å². The first-order chi connectivity index (χ1) is 4.86. The Morgan fingerprint density at radius 1 is 1.30 bits per heavy atom. The lowest BCUT2D eigenvalue weighted by molar-refractivity contribution is -0.134. The van der Waals surface area contributed by atoms with Crippen molar-refractivity contribution in [1.82, 2.24) is 0 Å². The van der Waals surface area contributed by atoms with Gasteiger partial charge in [0.25, 0.3) is 0 Å². The zero-order chi connectivity index (χ0) is 6.72. The molecular formula is C8H10O2. The molecule has 1 saturated carbocycles. The van der Waals surface area contributed by atoms with E-state index in [-0.39, 0.29) is 0 Å². The number of ether oxygens (including phenoxy) is 1. The molecule has 0 N–H and O–H groups in total. The number of hydrogen-bond donors (Lipinski definition) is 0. The number of rotatable bonds is 0. The Morgan fingerprint density at radius 2 is 2.10 bits per heavy atom. The van der Waals surface area contributed by atoms with Crippen molar-refractivity contribution in [3.63, 3.8) is 0 Å². The van der Waals surface area contributed by atoms with Gasteiger partial charge in [0.1, 0.15) is 5.78 Å². The number of carbonyl (C=O) groups excluding carboxylic acids is 1. The zero-order valence-electron chi connectivity index (χ0n) is 5.75. The minimum absolute atomic E-state index is 0.330. The molecule has 10 heavy (non-hydrogen) atoms. The Bertz CT molecular complexity index is 197. The van der Waals surface area contributed by atoms with E-state index in [0.717, 1.165) is 12.8 Å². The first-order valence-electron chi connectivity index (χ1n) is 4.04. The lowest BCUT2D eigenvalue weighted by Crippen LogP contribution is -2.44. The van der Waals surface area contributed by atoms with Gasteiger partial charge in [-0.2, -0.15) is 0 Å². The topological polar surface area (TPSA) is 26.3 Å². The minimum atomic E-state index is 0.330. The maximum atomic E-state index is 11.0. The fourth-order valence-electron chi connectivity index (χ4n) is 2.69. The molecule has 0 amide bonds. The highest BCUT2D eigenvalue weighted by Gasteiger charge is 2.58. The summed E-state index contributed by atoms with van der Waals surface area (Å²) in [6.45, 7) is 0. The van der Waals surface area contributed by atoms with Crippen molar-refractivity contribution >= 4 is 5.78 Å². The molecule has 0 aromatic carbocycles. The molecule has 0 radical (unpaired) electrons. The number of hydrogen-bond acceptors (Lipinski definition) is 2. The van der Waals surface area contributed by atoms with Gasteiger partial charge in [0.2, 0.25) is 0 Å². The number of Topliss-reactive ketones (excluding diaryl/α,β-unsaturated/α-hetero) is 1. The second-order valence-electron chi connectivity index (χ2n) is 3.65. The van der Waals surface area contributed by atoms with Gasteiger partial charge in [0.05, 0.1) is 12.2 Å². The highest BCUT2D eigenvalue weighted by Crippen LogP contribution is 2.51. The maximum Gasteiger partial charge on any atom is 0.139 e. The number of ketones is 1. The molecule has 2 aliphatic heterocycles. The average molecular weight is 138 g/mol. The van der Waals surface area contributed by atoms with Crippen LogP contribution in [-0.2, 0) is 9.53 Å². The fourth-order valence-corrected chi connectivity index (χ4v) is 2.69. The molecule has 3 rings (SSSR count). The van der Waals surface area contributed by atoms with Crippen LogP contribution in [0.15, 0.2) is 0 Å². The predicted octanol–water partition coefficient (Wildman–Crippen LogP) is 0.753. The third kappa shape index (κ3) is 0.409. The maximum absolute atomic E-state index is 11.0. The van der Waals surface area contributed by atoms with E-state index >= 15 is 0 Å². The van der Waals surface area contributed by atoms with Gasteiger partial charge < -0.3 is 4.74 Å². The lowest BCUT2D eigenvalue weighted by Gasteiger charge is -2.35. The number of fused-ring (bicyclic) bond motifs is 5. The molecular weight excluding hydrogens is 128 g/mol. The molecule has 54 valence electrons. The average Bonchev–Trinajstić information content (AvgIpc) is 2.40. The van der Waals surface area contributed by atoms with Gasteiger partial charge in [-0.3, -0.25) is 4.79 Å². The van der Waals surface area contributed by atoms with Gasteiger partial charge in [-0.05, 0) is 12.8 Å². The van der Waals surface area contributed by atoms with Crippen LogP contribution in [0, 0.1) is 11.8 Å². The van der Waals surface area contributed by atoms with E-state index in [4.69, 9.17) is 4.74 Å². The Labute approximate surface area is 59.6 Å². The van der Waals surface area contributed by atoms with Crippen LogP contribution in [-0.4, -0.2) is 18.0 Å². The Kier molecular flexibility index (Phi) is 0.768. The minimum Gasteiger partial charge on any atom is -0.374 e. The Morgan fingerprint density at radius 3 is 2.70 bits per heavy atom. The zero-order valence-corrected chi connectivity index (χ0v) is 5.75. The van der Waals surface area contributed by atoms with E-state index in [1.807, 2.05) is 0 Å². The van der Waals surface area contributed by atoms with Crippen molar-refractivity contribution < 1.29 is 9.53 Å². The summed E-state index contributed by atoms with van der Waals surface area (Å²) in [5, 5.41) is 0. The van der Waals surface area contributed by atoms with Gasteiger partial charge in [-0.25, -0.2) is 0 Å². The molecule has 0 unspecified atom stereocenters. The lowest BCUT2D eigenvalue weighted by atomic mass is 9.65. The van der Waals surface area contributed by atoms with Gasteiger partial charge in [0.15, 0.2) is 0 Å². The van der Waals surface area contributed by atoms with Crippen LogP contribution < -0.4 is 0 Å². The van der Waals surface area contributed by atoms with Gasteiger partial charge in [-0.1, -0.05) is 0 Å². The van der Waals surface area contributed by atoms with Crippen LogP contribution in [0.5, 0.6) is 0 Å². The van der Waals surface area contributed by atoms with Crippen molar-refractivity contribution in [1.29, 1.82) is 0 Å². The van der Waals surface area contributed by atoms with Crippen molar-refractivity contribution in [3.05, 3.63) is 0 Å². The fraction of sp³-hybridized carbons (Fsp3) is 0.875. The normalized spacial score (nSPS) is 56.6. The van der Waals surface area contributed by atoms with Crippen LogP contribution in [0.4, 0.5) is 0 Å². The molecule has 0 aromatic heterocycles. The van der Waals surface area contributed by atoms with Crippen LogP contribution >= 0.6 is 0 Å². The van der Waals surface area contributed by atoms with E-state index < -0.39 is 0 Å². The summed E-state index contributed by atoms with van der Waals surface area (Å²) in [7, 11) is 0. The van der Waals surface area contributed by atoms with E-state index in [9.17, 15) is 4.79 Å². The van der Waals surface area contributed by atoms with Crippen molar-refractivity contribution in [2.75, 3.05) is 0 Å². The molecule has 2 saturated heterocycles. The number of carbonyl (C=O) groups is 1. The molecule has 2 nitrogen and oxygen atoms in total. The van der Waals surface area contributed by atoms with E-state index in [0.29, 0.717) is 29.8 Å². The summed E-state index contributed by atoms with van der Waals surface area (Å²) >= 11 is 0. The largest absolute Gasteiger partial charge is 0.374 e. The summed E-state index contributed by atoms with van der Waals surface area (Å²) in [5.41, 5.74) is 0. The molecule has 2 heterocycles. The van der Waals surface area contributed by atoms with Crippen molar-refractivity contribution in [2.24, 2.45) is 11.8 Å². The van der Waals surface area contributed by atoms with Gasteiger partial charge in [0, 0.05) is 18.3 Å².